The summed E-state index contributed by atoms with van der Waals surface area (Å²) in [4.78, 5) is 40.5. The van der Waals surface area contributed by atoms with Crippen molar-refractivity contribution < 1.29 is 4.79 Å². The Labute approximate surface area is 149 Å². The first-order valence-corrected chi connectivity index (χ1v) is 8.12. The average molecular weight is 350 g/mol. The first-order valence-electron chi connectivity index (χ1n) is 8.12. The monoisotopic (exact) mass is 350 g/mol. The number of rotatable bonds is 5. The highest BCUT2D eigenvalue weighted by molar-refractivity contribution is 5.93. The van der Waals surface area contributed by atoms with Crippen molar-refractivity contribution in [1.29, 1.82) is 0 Å². The van der Waals surface area contributed by atoms with Crippen molar-refractivity contribution in [1.82, 2.24) is 19.4 Å². The van der Waals surface area contributed by atoms with Gasteiger partial charge in [-0.2, -0.15) is 0 Å². The van der Waals surface area contributed by atoms with Crippen LogP contribution < -0.4 is 16.4 Å². The van der Waals surface area contributed by atoms with E-state index >= 15 is 0 Å². The normalized spacial score (nSPS) is 10.5. The molecular weight excluding hydrogens is 332 g/mol. The molecule has 7 heteroatoms. The highest BCUT2D eigenvalue weighted by Gasteiger charge is 2.10. The van der Waals surface area contributed by atoms with Crippen molar-refractivity contribution in [2.45, 2.75) is 6.54 Å². The van der Waals surface area contributed by atoms with Crippen LogP contribution in [0.15, 0.2) is 70.6 Å². The predicted molar refractivity (Wildman–Crippen MR) is 97.9 cm³/mol. The molecule has 0 spiro atoms. The number of carbonyl (C=O) groups is 1. The van der Waals surface area contributed by atoms with Gasteiger partial charge >= 0.3 is 0 Å². The molecule has 0 saturated carbocycles. The molecule has 1 aromatic carbocycles. The van der Waals surface area contributed by atoms with E-state index in [9.17, 15) is 14.4 Å². The van der Waals surface area contributed by atoms with Crippen molar-refractivity contribution in [3.63, 3.8) is 0 Å². The summed E-state index contributed by atoms with van der Waals surface area (Å²) >= 11 is 0. The molecule has 2 aromatic heterocycles. The quantitative estimate of drug-likeness (QED) is 0.745. The Bertz CT molecular complexity index is 1040. The lowest BCUT2D eigenvalue weighted by atomic mass is 10.1. The Balaban J connectivity index is 1.65. The molecule has 0 unspecified atom stereocenters. The van der Waals surface area contributed by atoms with Crippen molar-refractivity contribution in [3.05, 3.63) is 87.3 Å². The van der Waals surface area contributed by atoms with Gasteiger partial charge in [-0.05, 0) is 12.1 Å². The van der Waals surface area contributed by atoms with Gasteiger partial charge in [-0.15, -0.1) is 0 Å². The third-order valence-electron chi connectivity index (χ3n) is 3.96. The molecule has 3 aromatic rings. The van der Waals surface area contributed by atoms with Crippen LogP contribution in [0.25, 0.3) is 11.3 Å². The minimum Gasteiger partial charge on any atom is -0.350 e. The SMILES string of the molecule is Cn1cccc(C(=O)NCCn2cnc(-c3ccccc3)cc2=O)c1=O. The van der Waals surface area contributed by atoms with E-state index in [0.717, 1.165) is 5.56 Å². The molecule has 0 aliphatic carbocycles. The molecule has 132 valence electrons. The van der Waals surface area contributed by atoms with E-state index in [2.05, 4.69) is 10.3 Å². The smallest absolute Gasteiger partial charge is 0.263 e. The molecule has 0 radical (unpaired) electrons. The topological polar surface area (TPSA) is 86.0 Å². The van der Waals surface area contributed by atoms with Crippen LogP contribution >= 0.6 is 0 Å². The fourth-order valence-electron chi connectivity index (χ4n) is 2.52. The van der Waals surface area contributed by atoms with Crippen LogP contribution in [0.2, 0.25) is 0 Å². The summed E-state index contributed by atoms with van der Waals surface area (Å²) in [6.45, 7) is 0.475. The number of pyridine rings is 1. The highest BCUT2D eigenvalue weighted by atomic mass is 16.2. The van der Waals surface area contributed by atoms with Gasteiger partial charge in [-0.25, -0.2) is 4.98 Å². The second-order valence-electron chi connectivity index (χ2n) is 5.77. The van der Waals surface area contributed by atoms with Gasteiger partial charge in [0.2, 0.25) is 0 Å². The van der Waals surface area contributed by atoms with Crippen LogP contribution in [0.3, 0.4) is 0 Å². The van der Waals surface area contributed by atoms with Gasteiger partial charge in [-0.3, -0.25) is 19.0 Å². The van der Waals surface area contributed by atoms with Crippen LogP contribution in [0.5, 0.6) is 0 Å². The fraction of sp³-hybridized carbons (Fsp3) is 0.158. The third-order valence-corrected chi connectivity index (χ3v) is 3.96. The zero-order valence-corrected chi connectivity index (χ0v) is 14.3. The lowest BCUT2D eigenvalue weighted by molar-refractivity contribution is 0.0950. The molecule has 0 aliphatic rings. The van der Waals surface area contributed by atoms with Crippen LogP contribution in [0.4, 0.5) is 0 Å². The van der Waals surface area contributed by atoms with Gasteiger partial charge in [-0.1, -0.05) is 30.3 Å². The van der Waals surface area contributed by atoms with Crippen molar-refractivity contribution in [2.75, 3.05) is 6.54 Å². The van der Waals surface area contributed by atoms with E-state index in [-0.39, 0.29) is 29.8 Å². The summed E-state index contributed by atoms with van der Waals surface area (Å²) in [5, 5.41) is 2.65. The minimum absolute atomic E-state index is 0.0693. The van der Waals surface area contributed by atoms with Gasteiger partial charge in [0.25, 0.3) is 17.0 Å². The number of nitrogens with zero attached hydrogens (tertiary/aromatic N) is 3. The van der Waals surface area contributed by atoms with Gasteiger partial charge in [0, 0.05) is 38.0 Å². The van der Waals surface area contributed by atoms with Crippen molar-refractivity contribution in [2.24, 2.45) is 7.05 Å². The molecule has 0 atom stereocenters. The van der Waals surface area contributed by atoms with Gasteiger partial charge in [0.15, 0.2) is 0 Å². The number of hydrogen-bond acceptors (Lipinski definition) is 4. The Morgan fingerprint density at radius 1 is 1.12 bits per heavy atom. The number of aromatic nitrogens is 3. The van der Waals surface area contributed by atoms with Crippen LogP contribution in [-0.4, -0.2) is 26.6 Å². The molecule has 2 heterocycles. The summed E-state index contributed by atoms with van der Waals surface area (Å²) in [6.07, 6.45) is 3.04. The number of aryl methyl sites for hydroxylation is 1. The van der Waals surface area contributed by atoms with E-state index in [4.69, 9.17) is 0 Å². The Hall–Kier alpha value is -3.48. The molecule has 0 aliphatic heterocycles. The van der Waals surface area contributed by atoms with Crippen molar-refractivity contribution in [3.8, 4) is 11.3 Å². The number of benzene rings is 1. The first-order chi connectivity index (χ1) is 12.6. The lowest BCUT2D eigenvalue weighted by Crippen LogP contribution is -2.35. The molecular formula is C19H18N4O3. The minimum atomic E-state index is -0.465. The van der Waals surface area contributed by atoms with Gasteiger partial charge in [0.05, 0.1) is 12.0 Å². The van der Waals surface area contributed by atoms with E-state index in [1.165, 1.54) is 27.6 Å². The van der Waals surface area contributed by atoms with Crippen LogP contribution in [0, 0.1) is 0 Å². The van der Waals surface area contributed by atoms with Crippen LogP contribution in [-0.2, 0) is 13.6 Å². The summed E-state index contributed by atoms with van der Waals surface area (Å²) in [6, 6.07) is 14.0. The van der Waals surface area contributed by atoms with Crippen LogP contribution in [0.1, 0.15) is 10.4 Å². The molecule has 0 saturated heterocycles. The largest absolute Gasteiger partial charge is 0.350 e. The van der Waals surface area contributed by atoms with E-state index in [0.29, 0.717) is 5.69 Å². The summed E-state index contributed by atoms with van der Waals surface area (Å²) < 4.78 is 2.75. The molecule has 0 fully saturated rings. The standard InChI is InChI=1S/C19H18N4O3/c1-22-10-5-8-15(19(22)26)18(25)20-9-11-23-13-21-16(12-17(23)24)14-6-3-2-4-7-14/h2-8,10,12-13H,9,11H2,1H3,(H,20,25). The Morgan fingerprint density at radius 3 is 2.62 bits per heavy atom. The molecule has 0 bridgehead atoms. The predicted octanol–water partition coefficient (Wildman–Crippen LogP) is 1.04. The fourth-order valence-corrected chi connectivity index (χ4v) is 2.52. The molecule has 1 N–H and O–H groups in total. The number of amides is 1. The second-order valence-corrected chi connectivity index (χ2v) is 5.77. The second kappa shape index (κ2) is 7.60. The van der Waals surface area contributed by atoms with Crippen molar-refractivity contribution >= 4 is 5.91 Å². The molecule has 1 amide bonds. The average Bonchev–Trinajstić information content (AvgIpc) is 2.66. The summed E-state index contributed by atoms with van der Waals surface area (Å²) in [5.74, 6) is -0.465. The summed E-state index contributed by atoms with van der Waals surface area (Å²) in [7, 11) is 1.58. The zero-order chi connectivity index (χ0) is 18.5. The number of hydrogen-bond donors (Lipinski definition) is 1. The molecule has 3 rings (SSSR count). The third kappa shape index (κ3) is 3.77. The maximum Gasteiger partial charge on any atom is 0.263 e. The molecule has 26 heavy (non-hydrogen) atoms. The Kier molecular flexibility index (Phi) is 5.07. The number of nitrogens with one attached hydrogen (secondary N) is 1. The van der Waals surface area contributed by atoms with Gasteiger partial charge < -0.3 is 9.88 Å². The lowest BCUT2D eigenvalue weighted by Gasteiger charge is -2.08. The molecule has 7 nitrogen and oxygen atoms in total. The van der Waals surface area contributed by atoms with E-state index in [1.54, 1.807) is 19.3 Å². The Morgan fingerprint density at radius 2 is 1.88 bits per heavy atom. The first kappa shape index (κ1) is 17.3. The number of carbonyl (C=O) groups excluding carboxylic acids is 1. The zero-order valence-electron chi connectivity index (χ0n) is 14.3. The van der Waals surface area contributed by atoms with E-state index < -0.39 is 5.91 Å². The maximum absolute atomic E-state index is 12.2. The van der Waals surface area contributed by atoms with E-state index in [1.807, 2.05) is 30.3 Å². The highest BCUT2D eigenvalue weighted by Crippen LogP contribution is 2.13. The maximum atomic E-state index is 12.2. The van der Waals surface area contributed by atoms with Gasteiger partial charge in [0.1, 0.15) is 5.56 Å². The summed E-state index contributed by atoms with van der Waals surface area (Å²) in [5.41, 5.74) is 0.966.